The topological polar surface area (TPSA) is 106 Å². The number of rotatable bonds is 4. The molecule has 0 radical (unpaired) electrons. The van der Waals surface area contributed by atoms with Gasteiger partial charge in [-0.3, -0.25) is 4.72 Å². The van der Waals surface area contributed by atoms with E-state index in [1.54, 1.807) is 18.2 Å². The van der Waals surface area contributed by atoms with E-state index in [-0.39, 0.29) is 20.0 Å². The molecule has 0 aromatic heterocycles. The largest absolute Gasteiger partial charge is 0.280 e. The second-order valence-electron chi connectivity index (χ2n) is 4.11. The fourth-order valence-corrected chi connectivity index (χ4v) is 4.32. The SMILES string of the molecule is NS(=O)(=O)c1ccc(NS(=O)(=O)c2ccccc2)cc1Br. The Morgan fingerprint density at radius 3 is 2.10 bits per heavy atom. The molecule has 0 unspecified atom stereocenters. The Kier molecular flexibility index (Phi) is 4.38. The van der Waals surface area contributed by atoms with E-state index in [4.69, 9.17) is 5.14 Å². The number of anilines is 1. The van der Waals surface area contributed by atoms with Crippen molar-refractivity contribution in [3.8, 4) is 0 Å². The monoisotopic (exact) mass is 390 g/mol. The maximum absolute atomic E-state index is 12.1. The van der Waals surface area contributed by atoms with Crippen LogP contribution < -0.4 is 9.86 Å². The highest BCUT2D eigenvalue weighted by Gasteiger charge is 2.16. The summed E-state index contributed by atoms with van der Waals surface area (Å²) in [5.74, 6) is 0. The summed E-state index contributed by atoms with van der Waals surface area (Å²) in [5.41, 5.74) is 0.220. The van der Waals surface area contributed by atoms with Gasteiger partial charge in [0, 0.05) is 4.47 Å². The molecule has 0 aliphatic rings. The molecular formula is C12H11BrN2O4S2. The Morgan fingerprint density at radius 2 is 1.57 bits per heavy atom. The zero-order valence-electron chi connectivity index (χ0n) is 10.5. The molecule has 2 aromatic carbocycles. The minimum absolute atomic E-state index is 0.108. The second-order valence-corrected chi connectivity index (χ2v) is 8.18. The fourth-order valence-electron chi connectivity index (χ4n) is 1.61. The summed E-state index contributed by atoms with van der Waals surface area (Å²) in [6, 6.07) is 11.7. The predicted octanol–water partition coefficient (Wildman–Crippen LogP) is 1.90. The normalized spacial score (nSPS) is 12.1. The van der Waals surface area contributed by atoms with Crippen molar-refractivity contribution in [2.75, 3.05) is 4.72 Å². The molecule has 6 nitrogen and oxygen atoms in total. The molecule has 21 heavy (non-hydrogen) atoms. The summed E-state index contributed by atoms with van der Waals surface area (Å²) >= 11 is 3.05. The van der Waals surface area contributed by atoms with Gasteiger partial charge in [-0.2, -0.15) is 0 Å². The van der Waals surface area contributed by atoms with E-state index in [1.165, 1.54) is 30.3 Å². The average molecular weight is 391 g/mol. The van der Waals surface area contributed by atoms with Crippen molar-refractivity contribution in [1.29, 1.82) is 0 Å². The maximum atomic E-state index is 12.1. The third-order valence-corrected chi connectivity index (χ3v) is 5.83. The van der Waals surface area contributed by atoms with Crippen LogP contribution in [0, 0.1) is 0 Å². The van der Waals surface area contributed by atoms with E-state index < -0.39 is 20.0 Å². The Balaban J connectivity index is 2.36. The molecule has 0 bridgehead atoms. The predicted molar refractivity (Wildman–Crippen MR) is 82.8 cm³/mol. The van der Waals surface area contributed by atoms with Crippen LogP contribution in [0.4, 0.5) is 5.69 Å². The Hall–Kier alpha value is -1.42. The number of hydrogen-bond acceptors (Lipinski definition) is 4. The third-order valence-electron chi connectivity index (χ3n) is 2.54. The Bertz CT molecular complexity index is 865. The van der Waals surface area contributed by atoms with E-state index in [0.29, 0.717) is 0 Å². The number of benzene rings is 2. The van der Waals surface area contributed by atoms with Gasteiger partial charge < -0.3 is 0 Å². The number of primary sulfonamides is 1. The third kappa shape index (κ3) is 3.82. The van der Waals surface area contributed by atoms with Crippen molar-refractivity contribution in [1.82, 2.24) is 0 Å². The molecule has 0 saturated carbocycles. The van der Waals surface area contributed by atoms with Crippen LogP contribution in [-0.4, -0.2) is 16.8 Å². The van der Waals surface area contributed by atoms with Crippen LogP contribution in [0.5, 0.6) is 0 Å². The van der Waals surface area contributed by atoms with E-state index in [1.807, 2.05) is 0 Å². The highest BCUT2D eigenvalue weighted by molar-refractivity contribution is 9.10. The number of halogens is 1. The van der Waals surface area contributed by atoms with Gasteiger partial charge in [-0.1, -0.05) is 18.2 Å². The quantitative estimate of drug-likeness (QED) is 0.830. The maximum Gasteiger partial charge on any atom is 0.261 e. The summed E-state index contributed by atoms with van der Waals surface area (Å²) in [4.78, 5) is -0.0122. The van der Waals surface area contributed by atoms with E-state index in [2.05, 4.69) is 20.7 Å². The van der Waals surface area contributed by atoms with E-state index in [0.717, 1.165) is 0 Å². The molecule has 9 heteroatoms. The lowest BCUT2D eigenvalue weighted by Gasteiger charge is -2.09. The fraction of sp³-hybridized carbons (Fsp3) is 0. The van der Waals surface area contributed by atoms with Gasteiger partial charge in [0.2, 0.25) is 10.0 Å². The molecule has 0 spiro atoms. The van der Waals surface area contributed by atoms with Crippen molar-refractivity contribution in [2.24, 2.45) is 5.14 Å². The Morgan fingerprint density at radius 1 is 0.952 bits per heavy atom. The van der Waals surface area contributed by atoms with Gasteiger partial charge in [-0.15, -0.1) is 0 Å². The van der Waals surface area contributed by atoms with Gasteiger partial charge in [0.05, 0.1) is 15.5 Å². The average Bonchev–Trinajstić information content (AvgIpc) is 2.37. The minimum Gasteiger partial charge on any atom is -0.280 e. The summed E-state index contributed by atoms with van der Waals surface area (Å²) in [7, 11) is -7.60. The highest BCUT2D eigenvalue weighted by Crippen LogP contribution is 2.26. The van der Waals surface area contributed by atoms with Gasteiger partial charge in [0.15, 0.2) is 0 Å². The van der Waals surface area contributed by atoms with Crippen molar-refractivity contribution < 1.29 is 16.8 Å². The lowest BCUT2D eigenvalue weighted by Crippen LogP contribution is -2.15. The first-order valence-corrected chi connectivity index (χ1v) is 9.42. The van der Waals surface area contributed by atoms with Crippen molar-refractivity contribution in [3.05, 3.63) is 53.0 Å². The van der Waals surface area contributed by atoms with Crippen LogP contribution in [0.15, 0.2) is 62.8 Å². The van der Waals surface area contributed by atoms with Crippen LogP contribution in [0.1, 0.15) is 0 Å². The van der Waals surface area contributed by atoms with Crippen LogP contribution in [0.2, 0.25) is 0 Å². The minimum atomic E-state index is -3.87. The van der Waals surface area contributed by atoms with Crippen LogP contribution in [0.3, 0.4) is 0 Å². The smallest absolute Gasteiger partial charge is 0.261 e. The number of hydrogen-bond donors (Lipinski definition) is 2. The molecule has 3 N–H and O–H groups in total. The summed E-state index contributed by atoms with van der Waals surface area (Å²) in [5, 5.41) is 5.03. The lowest BCUT2D eigenvalue weighted by molar-refractivity contribution is 0.597. The van der Waals surface area contributed by atoms with Gasteiger partial charge in [0.1, 0.15) is 0 Å². The van der Waals surface area contributed by atoms with Crippen molar-refractivity contribution >= 4 is 41.7 Å². The van der Waals surface area contributed by atoms with Crippen LogP contribution in [-0.2, 0) is 20.0 Å². The molecule has 2 aromatic rings. The van der Waals surface area contributed by atoms with E-state index in [9.17, 15) is 16.8 Å². The summed E-state index contributed by atoms with van der Waals surface area (Å²) in [6.07, 6.45) is 0. The molecule has 0 amide bonds. The number of nitrogens with two attached hydrogens (primary N) is 1. The molecule has 2 rings (SSSR count). The zero-order chi connectivity index (χ0) is 15.7. The van der Waals surface area contributed by atoms with Gasteiger partial charge in [0.25, 0.3) is 10.0 Å². The van der Waals surface area contributed by atoms with Crippen LogP contribution >= 0.6 is 15.9 Å². The van der Waals surface area contributed by atoms with Crippen molar-refractivity contribution in [2.45, 2.75) is 9.79 Å². The zero-order valence-corrected chi connectivity index (χ0v) is 13.7. The molecule has 0 aliphatic carbocycles. The standard InChI is InChI=1S/C12H11BrN2O4S2/c13-11-8-9(6-7-12(11)20(14,16)17)15-21(18,19)10-4-2-1-3-5-10/h1-8,15H,(H2,14,16,17). The molecule has 0 aliphatic heterocycles. The van der Waals surface area contributed by atoms with Crippen LogP contribution in [0.25, 0.3) is 0 Å². The first-order valence-electron chi connectivity index (χ1n) is 5.60. The van der Waals surface area contributed by atoms with Gasteiger partial charge in [-0.05, 0) is 46.3 Å². The first-order chi connectivity index (χ1) is 9.70. The highest BCUT2D eigenvalue weighted by atomic mass is 79.9. The molecule has 0 heterocycles. The van der Waals surface area contributed by atoms with Gasteiger partial charge in [-0.25, -0.2) is 22.0 Å². The summed E-state index contributed by atoms with van der Waals surface area (Å²) in [6.45, 7) is 0. The van der Waals surface area contributed by atoms with E-state index >= 15 is 0 Å². The molecule has 0 atom stereocenters. The summed E-state index contributed by atoms with van der Waals surface area (Å²) < 4.78 is 49.4. The number of nitrogens with one attached hydrogen (secondary N) is 1. The first kappa shape index (κ1) is 16.0. The second kappa shape index (κ2) is 5.76. The molecular weight excluding hydrogens is 380 g/mol. The lowest BCUT2D eigenvalue weighted by atomic mass is 10.3. The molecule has 0 fully saturated rings. The van der Waals surface area contributed by atoms with Gasteiger partial charge >= 0.3 is 0 Å². The number of sulfonamides is 2. The van der Waals surface area contributed by atoms with Crippen molar-refractivity contribution in [3.63, 3.8) is 0 Å². The molecule has 112 valence electrons. The molecule has 0 saturated heterocycles. The Labute approximate surface area is 131 Å².